The average molecular weight is 460 g/mol. The third-order valence-corrected chi connectivity index (χ3v) is 5.71. The summed E-state index contributed by atoms with van der Waals surface area (Å²) in [7, 11) is 0. The standard InChI is InChI=1S/C26H22FN3O2S/c1-15(26(31)32)29-25-21-13-19(27)9-12-23(21)30-24(22(25)14-28-2)18-5-3-16(4-6-18)17-7-10-20(33)11-8-17/h3-13,15,33H,2,14H2,1H3,(H,29,30)(H,31,32). The van der Waals surface area contributed by atoms with Crippen molar-refractivity contribution in [2.45, 2.75) is 24.4 Å². The van der Waals surface area contributed by atoms with Gasteiger partial charge >= 0.3 is 5.97 Å². The molecule has 0 aliphatic carbocycles. The zero-order valence-electron chi connectivity index (χ0n) is 17.9. The first kappa shape index (κ1) is 22.5. The number of rotatable bonds is 7. The topological polar surface area (TPSA) is 74.6 Å². The van der Waals surface area contributed by atoms with Gasteiger partial charge in [-0.2, -0.15) is 0 Å². The van der Waals surface area contributed by atoms with Gasteiger partial charge in [-0.1, -0.05) is 36.4 Å². The first-order valence-corrected chi connectivity index (χ1v) is 10.8. The number of aliphatic imine (C=N–C) groups is 1. The second kappa shape index (κ2) is 9.42. The van der Waals surface area contributed by atoms with Gasteiger partial charge in [0.15, 0.2) is 0 Å². The number of thiol groups is 1. The number of benzene rings is 3. The number of fused-ring (bicyclic) bond motifs is 1. The van der Waals surface area contributed by atoms with Crippen LogP contribution in [0.1, 0.15) is 12.5 Å². The Hall–Kier alpha value is -3.71. The highest BCUT2D eigenvalue weighted by atomic mass is 32.1. The largest absolute Gasteiger partial charge is 0.480 e. The fourth-order valence-electron chi connectivity index (χ4n) is 3.70. The molecule has 1 aromatic heterocycles. The SMILES string of the molecule is C=NCc1c(-c2ccc(-c3ccc(S)cc3)cc2)nc2ccc(F)cc2c1NC(C)C(=O)O. The molecule has 5 nitrogen and oxygen atoms in total. The Balaban J connectivity index is 1.88. The summed E-state index contributed by atoms with van der Waals surface area (Å²) in [4.78, 5) is 21.2. The molecule has 33 heavy (non-hydrogen) atoms. The number of pyridine rings is 1. The summed E-state index contributed by atoms with van der Waals surface area (Å²) < 4.78 is 14.1. The fraction of sp³-hybridized carbons (Fsp3) is 0.115. The van der Waals surface area contributed by atoms with E-state index in [9.17, 15) is 14.3 Å². The number of aromatic nitrogens is 1. The molecule has 166 valence electrons. The monoisotopic (exact) mass is 459 g/mol. The van der Waals surface area contributed by atoms with Gasteiger partial charge in [0.2, 0.25) is 0 Å². The minimum Gasteiger partial charge on any atom is -0.480 e. The van der Waals surface area contributed by atoms with E-state index in [0.717, 1.165) is 21.6 Å². The number of hydrogen-bond donors (Lipinski definition) is 3. The Morgan fingerprint density at radius 1 is 1.09 bits per heavy atom. The van der Waals surface area contributed by atoms with Crippen molar-refractivity contribution in [2.24, 2.45) is 4.99 Å². The van der Waals surface area contributed by atoms with E-state index in [-0.39, 0.29) is 6.54 Å². The van der Waals surface area contributed by atoms with E-state index in [1.165, 1.54) is 19.1 Å². The molecule has 1 heterocycles. The van der Waals surface area contributed by atoms with Crippen LogP contribution in [0.15, 0.2) is 76.6 Å². The summed E-state index contributed by atoms with van der Waals surface area (Å²) in [5.41, 5.74) is 5.27. The molecule has 0 amide bonds. The van der Waals surface area contributed by atoms with Gasteiger partial charge in [0.1, 0.15) is 11.9 Å². The van der Waals surface area contributed by atoms with Gasteiger partial charge in [0.25, 0.3) is 0 Å². The van der Waals surface area contributed by atoms with Gasteiger partial charge in [-0.05, 0) is 55.1 Å². The number of nitrogens with zero attached hydrogens (tertiary/aromatic N) is 2. The highest BCUT2D eigenvalue weighted by molar-refractivity contribution is 7.80. The lowest BCUT2D eigenvalue weighted by Gasteiger charge is -2.20. The van der Waals surface area contributed by atoms with Crippen LogP contribution in [0.4, 0.5) is 10.1 Å². The number of aliphatic carboxylic acids is 1. The molecule has 0 radical (unpaired) electrons. The summed E-state index contributed by atoms with van der Waals surface area (Å²) in [5.74, 6) is -1.45. The highest BCUT2D eigenvalue weighted by Crippen LogP contribution is 2.36. The third kappa shape index (κ3) is 4.73. The van der Waals surface area contributed by atoms with E-state index < -0.39 is 17.8 Å². The first-order valence-electron chi connectivity index (χ1n) is 10.3. The Labute approximate surface area is 196 Å². The van der Waals surface area contributed by atoms with Gasteiger partial charge in [0, 0.05) is 21.4 Å². The molecule has 3 aromatic carbocycles. The Morgan fingerprint density at radius 3 is 2.30 bits per heavy atom. The number of nitrogens with one attached hydrogen (secondary N) is 1. The second-order valence-corrected chi connectivity index (χ2v) is 8.20. The maximum absolute atomic E-state index is 14.1. The second-order valence-electron chi connectivity index (χ2n) is 7.69. The van der Waals surface area contributed by atoms with Crippen LogP contribution in [0.3, 0.4) is 0 Å². The molecule has 0 saturated carbocycles. The van der Waals surface area contributed by atoms with E-state index in [0.29, 0.717) is 27.8 Å². The summed E-state index contributed by atoms with van der Waals surface area (Å²) in [5, 5.41) is 13.0. The maximum Gasteiger partial charge on any atom is 0.325 e. The first-order chi connectivity index (χ1) is 15.9. The van der Waals surface area contributed by atoms with Crippen molar-refractivity contribution in [3.63, 3.8) is 0 Å². The van der Waals surface area contributed by atoms with Crippen molar-refractivity contribution < 1.29 is 14.3 Å². The number of carbonyl (C=O) groups is 1. The van der Waals surface area contributed by atoms with E-state index >= 15 is 0 Å². The molecule has 4 rings (SSSR count). The van der Waals surface area contributed by atoms with Crippen molar-refractivity contribution in [3.05, 3.63) is 78.1 Å². The molecule has 1 unspecified atom stereocenters. The van der Waals surface area contributed by atoms with Crippen molar-refractivity contribution >= 4 is 41.9 Å². The van der Waals surface area contributed by atoms with Gasteiger partial charge in [0.05, 0.1) is 23.4 Å². The summed E-state index contributed by atoms with van der Waals surface area (Å²) >= 11 is 4.33. The van der Waals surface area contributed by atoms with E-state index in [4.69, 9.17) is 4.98 Å². The van der Waals surface area contributed by atoms with Crippen molar-refractivity contribution in [2.75, 3.05) is 5.32 Å². The van der Waals surface area contributed by atoms with Crippen LogP contribution < -0.4 is 5.32 Å². The lowest BCUT2D eigenvalue weighted by molar-refractivity contribution is -0.137. The van der Waals surface area contributed by atoms with Crippen LogP contribution >= 0.6 is 12.6 Å². The van der Waals surface area contributed by atoms with Crippen molar-refractivity contribution in [1.29, 1.82) is 0 Å². The van der Waals surface area contributed by atoms with Crippen LogP contribution in [0.5, 0.6) is 0 Å². The summed E-state index contributed by atoms with van der Waals surface area (Å²) in [6, 6.07) is 19.2. The lowest BCUT2D eigenvalue weighted by Crippen LogP contribution is -2.26. The minimum atomic E-state index is -1.02. The molecule has 0 saturated heterocycles. The quantitative estimate of drug-likeness (QED) is 0.231. The molecule has 1 atom stereocenters. The molecular formula is C26H22FN3O2S. The zero-order valence-corrected chi connectivity index (χ0v) is 18.8. The van der Waals surface area contributed by atoms with Crippen LogP contribution in [0.25, 0.3) is 33.3 Å². The average Bonchev–Trinajstić information content (AvgIpc) is 2.81. The Kier molecular flexibility index (Phi) is 6.42. The van der Waals surface area contributed by atoms with Gasteiger partial charge in [-0.15, -0.1) is 12.6 Å². The van der Waals surface area contributed by atoms with Crippen LogP contribution in [0, 0.1) is 5.82 Å². The number of hydrogen-bond acceptors (Lipinski definition) is 5. The van der Waals surface area contributed by atoms with E-state index in [1.54, 1.807) is 6.07 Å². The Morgan fingerprint density at radius 2 is 1.70 bits per heavy atom. The molecule has 7 heteroatoms. The number of carboxylic acid groups (broad SMARTS) is 1. The molecule has 0 aliphatic heterocycles. The highest BCUT2D eigenvalue weighted by Gasteiger charge is 2.20. The molecule has 0 fully saturated rings. The van der Waals surface area contributed by atoms with Crippen LogP contribution in [-0.4, -0.2) is 28.8 Å². The predicted octanol–water partition coefficient (Wildman–Crippen LogP) is 6.08. The van der Waals surface area contributed by atoms with Gasteiger partial charge in [-0.25, -0.2) is 9.37 Å². The summed E-state index contributed by atoms with van der Waals surface area (Å²) in [6.07, 6.45) is 0. The number of halogens is 1. The fourth-order valence-corrected chi connectivity index (χ4v) is 3.85. The zero-order chi connectivity index (χ0) is 23.5. The van der Waals surface area contributed by atoms with E-state index in [1.807, 2.05) is 48.5 Å². The lowest BCUT2D eigenvalue weighted by atomic mass is 9.97. The number of anilines is 1. The van der Waals surface area contributed by atoms with Crippen LogP contribution in [0.2, 0.25) is 0 Å². The normalized spacial score (nSPS) is 11.8. The van der Waals surface area contributed by atoms with E-state index in [2.05, 4.69) is 29.7 Å². The molecule has 2 N–H and O–H groups in total. The summed E-state index contributed by atoms with van der Waals surface area (Å²) in [6.45, 7) is 5.32. The van der Waals surface area contributed by atoms with Gasteiger partial charge < -0.3 is 10.4 Å². The number of carboxylic acids is 1. The molecular weight excluding hydrogens is 437 g/mol. The molecule has 0 spiro atoms. The third-order valence-electron chi connectivity index (χ3n) is 5.41. The smallest absolute Gasteiger partial charge is 0.325 e. The minimum absolute atomic E-state index is 0.189. The molecule has 4 aromatic rings. The predicted molar refractivity (Wildman–Crippen MR) is 134 cm³/mol. The van der Waals surface area contributed by atoms with Crippen LogP contribution in [-0.2, 0) is 11.3 Å². The maximum atomic E-state index is 14.1. The molecule has 0 bridgehead atoms. The van der Waals surface area contributed by atoms with Crippen molar-refractivity contribution in [1.82, 2.24) is 4.98 Å². The van der Waals surface area contributed by atoms with Crippen molar-refractivity contribution in [3.8, 4) is 22.4 Å². The molecule has 0 aliphatic rings. The Bertz CT molecular complexity index is 1340. The van der Waals surface area contributed by atoms with Gasteiger partial charge in [-0.3, -0.25) is 9.79 Å².